The largest absolute Gasteiger partial charge is 0.300 e. The summed E-state index contributed by atoms with van der Waals surface area (Å²) in [7, 11) is 0. The average molecular weight is 222 g/mol. The van der Waals surface area contributed by atoms with Crippen LogP contribution in [0.25, 0.3) is 0 Å². The number of carbonyl (C=O) groups excluding carboxylic acids is 1. The van der Waals surface area contributed by atoms with Crippen molar-refractivity contribution in [2.75, 3.05) is 0 Å². The van der Waals surface area contributed by atoms with E-state index in [-0.39, 0.29) is 0 Å². The molecule has 3 atom stereocenters. The number of hydrogen-bond donors (Lipinski definition) is 0. The van der Waals surface area contributed by atoms with Gasteiger partial charge in [0.05, 0.1) is 0 Å². The highest BCUT2D eigenvalue weighted by Crippen LogP contribution is 2.49. The highest BCUT2D eigenvalue weighted by molar-refractivity contribution is 5.78. The fraction of sp³-hybridized carbons (Fsp3) is 0.933. The smallest absolute Gasteiger partial charge is 0.133 e. The molecule has 1 heteroatoms. The highest BCUT2D eigenvalue weighted by atomic mass is 16.1. The fourth-order valence-corrected chi connectivity index (χ4v) is 3.54. The third kappa shape index (κ3) is 3.09. The van der Waals surface area contributed by atoms with Crippen LogP contribution in [-0.4, -0.2) is 5.78 Å². The molecule has 0 aromatic rings. The lowest BCUT2D eigenvalue weighted by molar-refractivity contribution is -0.120. The van der Waals surface area contributed by atoms with Crippen molar-refractivity contribution in [1.82, 2.24) is 0 Å². The quantitative estimate of drug-likeness (QED) is 0.696. The molecule has 0 spiro atoms. The summed E-state index contributed by atoms with van der Waals surface area (Å²) >= 11 is 0. The topological polar surface area (TPSA) is 17.1 Å². The number of ketones is 1. The molecule has 92 valence electrons. The van der Waals surface area contributed by atoms with Crippen LogP contribution in [0.1, 0.15) is 65.7 Å². The minimum absolute atomic E-state index is 0.310. The summed E-state index contributed by atoms with van der Waals surface area (Å²) in [6.45, 7) is 6.66. The molecule has 0 heterocycles. The normalized spacial score (nSPS) is 33.3. The van der Waals surface area contributed by atoms with E-state index in [2.05, 4.69) is 20.8 Å². The van der Waals surface area contributed by atoms with Crippen LogP contribution in [0.3, 0.4) is 0 Å². The lowest BCUT2D eigenvalue weighted by Crippen LogP contribution is -2.16. The van der Waals surface area contributed by atoms with E-state index < -0.39 is 0 Å². The summed E-state index contributed by atoms with van der Waals surface area (Å²) in [5, 5.41) is 0. The van der Waals surface area contributed by atoms with Gasteiger partial charge < -0.3 is 0 Å². The van der Waals surface area contributed by atoms with E-state index in [4.69, 9.17) is 0 Å². The number of fused-ring (bicyclic) bond motifs is 2. The molecule has 2 bridgehead atoms. The Labute approximate surface area is 100.0 Å². The molecule has 0 N–H and O–H groups in total. The van der Waals surface area contributed by atoms with E-state index in [1.165, 1.54) is 25.7 Å². The van der Waals surface area contributed by atoms with Gasteiger partial charge in [0.25, 0.3) is 0 Å². The molecule has 0 amide bonds. The van der Waals surface area contributed by atoms with Gasteiger partial charge in [0, 0.05) is 12.8 Å². The Balaban J connectivity index is 1.72. The van der Waals surface area contributed by atoms with Gasteiger partial charge in [0.15, 0.2) is 0 Å². The van der Waals surface area contributed by atoms with Crippen molar-refractivity contribution in [3.63, 3.8) is 0 Å². The first-order chi connectivity index (χ1) is 7.44. The Kier molecular flexibility index (Phi) is 3.42. The molecule has 2 aliphatic carbocycles. The second-order valence-electron chi connectivity index (χ2n) is 7.24. The SMILES string of the molecule is CC(C)(C)CCC(=O)CC1CC2CCC1C2. The predicted octanol–water partition coefficient (Wildman–Crippen LogP) is 4.21. The van der Waals surface area contributed by atoms with Crippen LogP contribution in [0, 0.1) is 23.2 Å². The molecule has 0 aliphatic heterocycles. The maximum Gasteiger partial charge on any atom is 0.133 e. The molecule has 2 aliphatic rings. The van der Waals surface area contributed by atoms with Crippen molar-refractivity contribution in [1.29, 1.82) is 0 Å². The fourth-order valence-electron chi connectivity index (χ4n) is 3.54. The van der Waals surface area contributed by atoms with E-state index in [0.717, 1.165) is 37.0 Å². The number of Topliss-reactive ketones (excluding diaryl/α,β-unsaturated/α-hetero) is 1. The minimum Gasteiger partial charge on any atom is -0.300 e. The molecule has 2 saturated carbocycles. The first-order valence-corrected chi connectivity index (χ1v) is 6.96. The second-order valence-corrected chi connectivity index (χ2v) is 7.24. The summed E-state index contributed by atoms with van der Waals surface area (Å²) < 4.78 is 0. The maximum absolute atomic E-state index is 11.9. The van der Waals surface area contributed by atoms with Crippen LogP contribution in [0.5, 0.6) is 0 Å². The molecular weight excluding hydrogens is 196 g/mol. The van der Waals surface area contributed by atoms with Gasteiger partial charge in [-0.2, -0.15) is 0 Å². The van der Waals surface area contributed by atoms with Crippen molar-refractivity contribution in [3.8, 4) is 0 Å². The van der Waals surface area contributed by atoms with Crippen molar-refractivity contribution in [2.24, 2.45) is 23.2 Å². The monoisotopic (exact) mass is 222 g/mol. The molecule has 0 radical (unpaired) electrons. The third-order valence-corrected chi connectivity index (χ3v) is 4.53. The molecule has 1 nitrogen and oxygen atoms in total. The highest BCUT2D eigenvalue weighted by Gasteiger charge is 2.39. The molecule has 16 heavy (non-hydrogen) atoms. The molecule has 2 rings (SSSR count). The van der Waals surface area contributed by atoms with Gasteiger partial charge in [-0.25, -0.2) is 0 Å². The maximum atomic E-state index is 11.9. The van der Waals surface area contributed by atoms with Gasteiger partial charge >= 0.3 is 0 Å². The minimum atomic E-state index is 0.310. The first kappa shape index (κ1) is 12.1. The van der Waals surface area contributed by atoms with E-state index >= 15 is 0 Å². The van der Waals surface area contributed by atoms with Crippen molar-refractivity contribution < 1.29 is 4.79 Å². The Hall–Kier alpha value is -0.330. The van der Waals surface area contributed by atoms with Gasteiger partial charge in [-0.05, 0) is 48.9 Å². The first-order valence-electron chi connectivity index (χ1n) is 6.96. The molecule has 0 saturated heterocycles. The number of rotatable bonds is 4. The van der Waals surface area contributed by atoms with Crippen molar-refractivity contribution in [2.45, 2.75) is 65.7 Å². The Morgan fingerprint density at radius 1 is 1.19 bits per heavy atom. The molecular formula is C15H26O. The summed E-state index contributed by atoms with van der Waals surface area (Å²) in [5.74, 6) is 3.16. The molecule has 2 fully saturated rings. The Morgan fingerprint density at radius 2 is 1.94 bits per heavy atom. The summed E-state index contributed by atoms with van der Waals surface area (Å²) in [5.41, 5.74) is 0.310. The van der Waals surface area contributed by atoms with Crippen LogP contribution in [-0.2, 0) is 4.79 Å². The van der Waals surface area contributed by atoms with E-state index in [0.29, 0.717) is 11.2 Å². The zero-order valence-electron chi connectivity index (χ0n) is 11.1. The van der Waals surface area contributed by atoms with Crippen LogP contribution >= 0.6 is 0 Å². The van der Waals surface area contributed by atoms with Gasteiger partial charge in [-0.1, -0.05) is 27.2 Å². The van der Waals surface area contributed by atoms with Crippen LogP contribution in [0.4, 0.5) is 0 Å². The standard InChI is InChI=1S/C15H26O/c1-15(2,3)7-6-14(16)10-13-9-11-4-5-12(13)8-11/h11-13H,4-10H2,1-3H3. The molecule has 0 aromatic carbocycles. The second kappa shape index (κ2) is 4.50. The van der Waals surface area contributed by atoms with Gasteiger partial charge in [-0.3, -0.25) is 4.79 Å². The predicted molar refractivity (Wildman–Crippen MR) is 67.3 cm³/mol. The van der Waals surface area contributed by atoms with Crippen molar-refractivity contribution in [3.05, 3.63) is 0 Å². The lowest BCUT2D eigenvalue weighted by Gasteiger charge is -2.22. The van der Waals surface area contributed by atoms with Crippen LogP contribution < -0.4 is 0 Å². The Morgan fingerprint density at radius 3 is 2.44 bits per heavy atom. The van der Waals surface area contributed by atoms with Gasteiger partial charge in [-0.15, -0.1) is 0 Å². The number of hydrogen-bond acceptors (Lipinski definition) is 1. The van der Waals surface area contributed by atoms with Crippen molar-refractivity contribution >= 4 is 5.78 Å². The zero-order chi connectivity index (χ0) is 11.8. The number of carbonyl (C=O) groups is 1. The van der Waals surface area contributed by atoms with Crippen LogP contribution in [0.15, 0.2) is 0 Å². The molecule has 0 aromatic heterocycles. The summed E-state index contributed by atoms with van der Waals surface area (Å²) in [6, 6.07) is 0. The summed E-state index contributed by atoms with van der Waals surface area (Å²) in [6.07, 6.45) is 8.36. The summed E-state index contributed by atoms with van der Waals surface area (Å²) in [4.78, 5) is 11.9. The molecule has 3 unspecified atom stereocenters. The average Bonchev–Trinajstić information content (AvgIpc) is 2.75. The van der Waals surface area contributed by atoms with Gasteiger partial charge in [0.2, 0.25) is 0 Å². The Bertz CT molecular complexity index is 261. The lowest BCUT2D eigenvalue weighted by atomic mass is 9.83. The zero-order valence-corrected chi connectivity index (χ0v) is 11.1. The van der Waals surface area contributed by atoms with Gasteiger partial charge in [0.1, 0.15) is 5.78 Å². The van der Waals surface area contributed by atoms with E-state index in [1.807, 2.05) is 0 Å². The van der Waals surface area contributed by atoms with E-state index in [9.17, 15) is 4.79 Å². The van der Waals surface area contributed by atoms with Crippen LogP contribution in [0.2, 0.25) is 0 Å². The van der Waals surface area contributed by atoms with E-state index in [1.54, 1.807) is 0 Å². The third-order valence-electron chi connectivity index (χ3n) is 4.53.